The van der Waals surface area contributed by atoms with Gasteiger partial charge in [-0.25, -0.2) is 0 Å². The highest BCUT2D eigenvalue weighted by Crippen LogP contribution is 2.32. The number of ether oxygens (including phenoxy) is 1. The minimum Gasteiger partial charge on any atom is -0.377 e. The minimum atomic E-state index is -4.29. The molecule has 2 rings (SSSR count). The quantitative estimate of drug-likeness (QED) is 0.874. The van der Waals surface area contributed by atoms with E-state index < -0.39 is 11.7 Å². The zero-order chi connectivity index (χ0) is 13.4. The molecule has 0 spiro atoms. The van der Waals surface area contributed by atoms with Crippen molar-refractivity contribution in [2.24, 2.45) is 0 Å². The molecule has 0 aliphatic carbocycles. The van der Waals surface area contributed by atoms with E-state index in [1.54, 1.807) is 0 Å². The van der Waals surface area contributed by atoms with Crippen LogP contribution < -0.4 is 5.32 Å². The lowest BCUT2D eigenvalue weighted by Crippen LogP contribution is -2.41. The molecule has 1 aliphatic rings. The predicted octanol–water partition coefficient (Wildman–Crippen LogP) is 3.68. The van der Waals surface area contributed by atoms with Crippen molar-refractivity contribution >= 4 is 5.69 Å². The van der Waals surface area contributed by atoms with E-state index in [0.29, 0.717) is 12.3 Å². The fourth-order valence-corrected chi connectivity index (χ4v) is 2.07. The Balaban J connectivity index is 2.11. The summed E-state index contributed by atoms with van der Waals surface area (Å²) in [5.74, 6) is 0. The maximum Gasteiger partial charge on any atom is 0.416 e. The van der Waals surface area contributed by atoms with Gasteiger partial charge in [0.1, 0.15) is 0 Å². The zero-order valence-corrected chi connectivity index (χ0v) is 10.3. The van der Waals surface area contributed by atoms with Crippen molar-refractivity contribution in [3.63, 3.8) is 0 Å². The highest BCUT2D eigenvalue weighted by atomic mass is 19.4. The van der Waals surface area contributed by atoms with E-state index in [2.05, 4.69) is 5.32 Å². The van der Waals surface area contributed by atoms with Crippen LogP contribution in [0.1, 0.15) is 25.8 Å². The van der Waals surface area contributed by atoms with Crippen molar-refractivity contribution < 1.29 is 17.9 Å². The van der Waals surface area contributed by atoms with Crippen LogP contribution in [0.2, 0.25) is 0 Å². The van der Waals surface area contributed by atoms with Crippen LogP contribution in [0, 0.1) is 0 Å². The highest BCUT2D eigenvalue weighted by Gasteiger charge is 2.37. The van der Waals surface area contributed by atoms with Crippen LogP contribution >= 0.6 is 0 Å². The highest BCUT2D eigenvalue weighted by molar-refractivity contribution is 5.47. The number of anilines is 1. The smallest absolute Gasteiger partial charge is 0.377 e. The third-order valence-electron chi connectivity index (χ3n) is 3.53. The van der Waals surface area contributed by atoms with Gasteiger partial charge in [0, 0.05) is 12.3 Å². The van der Waals surface area contributed by atoms with Gasteiger partial charge in [-0.05, 0) is 44.5 Å². The molecule has 100 valence electrons. The van der Waals surface area contributed by atoms with Crippen LogP contribution in [-0.4, -0.2) is 18.2 Å². The molecule has 1 aliphatic heterocycles. The van der Waals surface area contributed by atoms with Gasteiger partial charge in [0.05, 0.1) is 17.2 Å². The van der Waals surface area contributed by atoms with E-state index in [4.69, 9.17) is 4.74 Å². The number of nitrogens with one attached hydrogen (secondary N) is 1. The number of benzene rings is 1. The molecule has 1 aromatic carbocycles. The zero-order valence-electron chi connectivity index (χ0n) is 10.3. The largest absolute Gasteiger partial charge is 0.416 e. The van der Waals surface area contributed by atoms with Crippen molar-refractivity contribution in [3.8, 4) is 0 Å². The van der Waals surface area contributed by atoms with Crippen LogP contribution in [0.5, 0.6) is 0 Å². The van der Waals surface area contributed by atoms with Gasteiger partial charge >= 0.3 is 6.18 Å². The van der Waals surface area contributed by atoms with Crippen LogP contribution in [0.25, 0.3) is 0 Å². The topological polar surface area (TPSA) is 21.3 Å². The summed E-state index contributed by atoms with van der Waals surface area (Å²) in [6.45, 7) is 4.65. The third kappa shape index (κ3) is 2.61. The number of hydrogen-bond donors (Lipinski definition) is 1. The Hall–Kier alpha value is -1.23. The molecule has 5 heteroatoms. The molecule has 18 heavy (non-hydrogen) atoms. The van der Waals surface area contributed by atoms with E-state index in [0.717, 1.165) is 18.6 Å². The molecule has 0 amide bonds. The lowest BCUT2D eigenvalue weighted by Gasteiger charge is -2.30. The molecular formula is C13H16F3NO. The first-order chi connectivity index (χ1) is 8.31. The summed E-state index contributed by atoms with van der Waals surface area (Å²) in [6.07, 6.45) is -3.40. The molecule has 0 radical (unpaired) electrons. The first-order valence-corrected chi connectivity index (χ1v) is 5.88. The second-order valence-electron chi connectivity index (χ2n) is 4.88. The van der Waals surface area contributed by atoms with Gasteiger partial charge in [-0.3, -0.25) is 0 Å². The Labute approximate surface area is 104 Å². The summed E-state index contributed by atoms with van der Waals surface area (Å²) in [5.41, 5.74) is -0.170. The first kappa shape index (κ1) is 13.2. The molecule has 2 nitrogen and oxygen atoms in total. The average molecular weight is 259 g/mol. The number of hydrogen-bond acceptors (Lipinski definition) is 2. The maximum absolute atomic E-state index is 12.4. The monoisotopic (exact) mass is 259 g/mol. The maximum atomic E-state index is 12.4. The van der Waals surface area contributed by atoms with Crippen molar-refractivity contribution in [1.29, 1.82) is 0 Å². The van der Waals surface area contributed by atoms with Crippen LogP contribution in [0.3, 0.4) is 0 Å². The minimum absolute atomic E-state index is 0.0415. The fourth-order valence-electron chi connectivity index (χ4n) is 2.07. The van der Waals surface area contributed by atoms with E-state index in [-0.39, 0.29) is 11.6 Å². The molecule has 1 fully saturated rings. The summed E-state index contributed by atoms with van der Waals surface area (Å²) in [5, 5.41) is 3.25. The Morgan fingerprint density at radius 3 is 2.33 bits per heavy atom. The third-order valence-corrected chi connectivity index (χ3v) is 3.53. The Kier molecular flexibility index (Phi) is 3.27. The van der Waals surface area contributed by atoms with Gasteiger partial charge in [0.15, 0.2) is 0 Å². The molecule has 0 saturated carbocycles. The molecule has 1 saturated heterocycles. The average Bonchev–Trinajstić information content (AvgIpc) is 2.58. The van der Waals surface area contributed by atoms with E-state index in [1.807, 2.05) is 13.8 Å². The van der Waals surface area contributed by atoms with Crippen molar-refractivity contribution in [1.82, 2.24) is 0 Å². The van der Waals surface area contributed by atoms with Gasteiger partial charge < -0.3 is 10.1 Å². The first-order valence-electron chi connectivity index (χ1n) is 5.88. The normalized spacial score (nSPS) is 28.4. The molecule has 2 atom stereocenters. The SMILES string of the molecule is CC1OCCC1(C)Nc1ccc(C(F)(F)F)cc1. The van der Waals surface area contributed by atoms with Gasteiger partial charge in [-0.1, -0.05) is 0 Å². The second kappa shape index (κ2) is 4.46. The number of halogens is 3. The van der Waals surface area contributed by atoms with Gasteiger partial charge in [-0.2, -0.15) is 13.2 Å². The van der Waals surface area contributed by atoms with E-state index >= 15 is 0 Å². The van der Waals surface area contributed by atoms with Crippen molar-refractivity contribution in [3.05, 3.63) is 29.8 Å². The molecule has 1 N–H and O–H groups in total. The van der Waals surface area contributed by atoms with Crippen molar-refractivity contribution in [2.45, 2.75) is 38.1 Å². The number of alkyl halides is 3. The summed E-state index contributed by atoms with van der Waals surface area (Å²) in [6, 6.07) is 5.09. The molecule has 0 aromatic heterocycles. The fraction of sp³-hybridized carbons (Fsp3) is 0.538. The van der Waals surface area contributed by atoms with Gasteiger partial charge in [-0.15, -0.1) is 0 Å². The Morgan fingerprint density at radius 2 is 1.89 bits per heavy atom. The lowest BCUT2D eigenvalue weighted by molar-refractivity contribution is -0.137. The summed E-state index contributed by atoms with van der Waals surface area (Å²) in [7, 11) is 0. The van der Waals surface area contributed by atoms with Crippen LogP contribution in [-0.2, 0) is 10.9 Å². The van der Waals surface area contributed by atoms with Crippen LogP contribution in [0.4, 0.5) is 18.9 Å². The second-order valence-corrected chi connectivity index (χ2v) is 4.88. The summed E-state index contributed by atoms with van der Waals surface area (Å²) < 4.78 is 42.7. The predicted molar refractivity (Wildman–Crippen MR) is 63.5 cm³/mol. The molecule has 2 unspecified atom stereocenters. The summed E-state index contributed by atoms with van der Waals surface area (Å²) in [4.78, 5) is 0. The van der Waals surface area contributed by atoms with Crippen molar-refractivity contribution in [2.75, 3.05) is 11.9 Å². The molecular weight excluding hydrogens is 243 g/mol. The van der Waals surface area contributed by atoms with Gasteiger partial charge in [0.2, 0.25) is 0 Å². The van der Waals surface area contributed by atoms with Gasteiger partial charge in [0.25, 0.3) is 0 Å². The molecule has 0 bridgehead atoms. The van der Waals surface area contributed by atoms with E-state index in [1.165, 1.54) is 12.1 Å². The summed E-state index contributed by atoms with van der Waals surface area (Å²) >= 11 is 0. The molecule has 1 heterocycles. The lowest BCUT2D eigenvalue weighted by atomic mass is 9.94. The van der Waals surface area contributed by atoms with Crippen LogP contribution in [0.15, 0.2) is 24.3 Å². The molecule has 1 aromatic rings. The van der Waals surface area contributed by atoms with E-state index in [9.17, 15) is 13.2 Å². The number of rotatable bonds is 2. The Morgan fingerprint density at radius 1 is 1.28 bits per heavy atom. The Bertz CT molecular complexity index is 415. The standard InChI is InChI=1S/C13H16F3NO/c1-9-12(2,7-8-18-9)17-11-5-3-10(4-6-11)13(14,15)16/h3-6,9,17H,7-8H2,1-2H3.